The number of hydrogen-bond donors (Lipinski definition) is 0. The van der Waals surface area contributed by atoms with Gasteiger partial charge in [-0.2, -0.15) is 13.2 Å². The molecule has 0 aliphatic heterocycles. The van der Waals surface area contributed by atoms with Gasteiger partial charge in [-0.25, -0.2) is 9.97 Å². The molecule has 6 heteroatoms. The van der Waals surface area contributed by atoms with Crippen LogP contribution in [0.4, 0.5) is 13.2 Å². The first-order chi connectivity index (χ1) is 13.4. The maximum Gasteiger partial charge on any atom is 0.417 e. The van der Waals surface area contributed by atoms with Crippen LogP contribution in [0, 0.1) is 6.92 Å². The molecule has 3 aromatic rings. The van der Waals surface area contributed by atoms with Crippen molar-refractivity contribution >= 4 is 11.3 Å². The van der Waals surface area contributed by atoms with Crippen LogP contribution in [-0.2, 0) is 12.6 Å². The van der Waals surface area contributed by atoms with Gasteiger partial charge in [-0.05, 0) is 44.0 Å². The highest BCUT2D eigenvalue weighted by Crippen LogP contribution is 2.37. The Kier molecular flexibility index (Phi) is 6.50. The molecule has 0 bridgehead atoms. The quantitative estimate of drug-likeness (QED) is 0.386. The van der Waals surface area contributed by atoms with Crippen LogP contribution in [0.15, 0.2) is 42.6 Å². The average molecular weight is 405 g/mol. The third kappa shape index (κ3) is 4.98. The fourth-order valence-corrected chi connectivity index (χ4v) is 4.11. The third-order valence-corrected chi connectivity index (χ3v) is 5.74. The molecule has 0 amide bonds. The largest absolute Gasteiger partial charge is 0.417 e. The van der Waals surface area contributed by atoms with Gasteiger partial charge < -0.3 is 0 Å². The van der Waals surface area contributed by atoms with Gasteiger partial charge in [0.05, 0.1) is 16.1 Å². The van der Waals surface area contributed by atoms with Crippen LogP contribution in [0.2, 0.25) is 0 Å². The minimum atomic E-state index is -4.45. The molecule has 2 heterocycles. The molecule has 0 atom stereocenters. The summed E-state index contributed by atoms with van der Waals surface area (Å²) in [6.45, 7) is 3.83. The molecule has 0 radical (unpaired) electrons. The smallest absolute Gasteiger partial charge is 0.237 e. The molecule has 0 spiro atoms. The van der Waals surface area contributed by atoms with E-state index >= 15 is 0 Å². The molecule has 1 aromatic carbocycles. The summed E-state index contributed by atoms with van der Waals surface area (Å²) in [5.41, 5.74) is 0.519. The molecular formula is C22H23F3N2S. The molecule has 3 rings (SSSR count). The molecule has 0 fully saturated rings. The lowest BCUT2D eigenvalue weighted by Crippen LogP contribution is -2.08. The summed E-state index contributed by atoms with van der Waals surface area (Å²) in [7, 11) is 0. The van der Waals surface area contributed by atoms with Crippen molar-refractivity contribution in [3.8, 4) is 22.0 Å². The van der Waals surface area contributed by atoms with E-state index in [9.17, 15) is 13.2 Å². The number of alkyl halides is 3. The van der Waals surface area contributed by atoms with E-state index in [1.54, 1.807) is 30.4 Å². The minimum absolute atomic E-state index is 0.0105. The van der Waals surface area contributed by atoms with Crippen molar-refractivity contribution in [2.24, 2.45) is 0 Å². The highest BCUT2D eigenvalue weighted by Gasteiger charge is 2.34. The topological polar surface area (TPSA) is 25.8 Å². The van der Waals surface area contributed by atoms with Gasteiger partial charge in [0.25, 0.3) is 0 Å². The Labute approximate surface area is 167 Å². The van der Waals surface area contributed by atoms with Gasteiger partial charge in [0.1, 0.15) is 0 Å². The molecule has 0 aliphatic carbocycles. The zero-order valence-electron chi connectivity index (χ0n) is 16.0. The first-order valence-corrected chi connectivity index (χ1v) is 10.3. The molecule has 28 heavy (non-hydrogen) atoms. The first-order valence-electron chi connectivity index (χ1n) is 9.49. The van der Waals surface area contributed by atoms with Crippen molar-refractivity contribution in [3.63, 3.8) is 0 Å². The summed E-state index contributed by atoms with van der Waals surface area (Å²) >= 11 is 1.65. The van der Waals surface area contributed by atoms with Gasteiger partial charge in [0, 0.05) is 16.6 Å². The number of unbranched alkanes of at least 4 members (excludes halogenated alkanes) is 3. The number of aromatic nitrogens is 2. The van der Waals surface area contributed by atoms with Gasteiger partial charge in [-0.1, -0.05) is 43.9 Å². The van der Waals surface area contributed by atoms with E-state index in [0.717, 1.165) is 23.8 Å². The molecule has 0 unspecified atom stereocenters. The number of hydrogen-bond acceptors (Lipinski definition) is 3. The lowest BCUT2D eigenvalue weighted by Gasteiger charge is -2.13. The minimum Gasteiger partial charge on any atom is -0.237 e. The zero-order chi connectivity index (χ0) is 20.1. The van der Waals surface area contributed by atoms with Crippen molar-refractivity contribution in [3.05, 3.63) is 58.6 Å². The van der Waals surface area contributed by atoms with E-state index in [-0.39, 0.29) is 11.4 Å². The van der Waals surface area contributed by atoms with E-state index in [0.29, 0.717) is 11.3 Å². The third-order valence-electron chi connectivity index (χ3n) is 4.57. The Balaban J connectivity index is 1.87. The fourth-order valence-electron chi connectivity index (χ4n) is 3.09. The van der Waals surface area contributed by atoms with Crippen LogP contribution in [0.1, 0.15) is 48.6 Å². The van der Waals surface area contributed by atoms with Gasteiger partial charge in [0.15, 0.2) is 5.82 Å². The second kappa shape index (κ2) is 8.86. The summed E-state index contributed by atoms with van der Waals surface area (Å²) in [4.78, 5) is 10.8. The number of aryl methyl sites for hydroxylation is 2. The van der Waals surface area contributed by atoms with E-state index < -0.39 is 11.7 Å². The second-order valence-corrected chi connectivity index (χ2v) is 8.06. The predicted molar refractivity (Wildman–Crippen MR) is 108 cm³/mol. The Morgan fingerprint density at radius 1 is 1.00 bits per heavy atom. The number of nitrogens with zero attached hydrogens (tertiary/aromatic N) is 2. The van der Waals surface area contributed by atoms with Crippen LogP contribution < -0.4 is 0 Å². The summed E-state index contributed by atoms with van der Waals surface area (Å²) in [6, 6.07) is 10.1. The molecule has 0 N–H and O–H groups in total. The molecule has 148 valence electrons. The van der Waals surface area contributed by atoms with E-state index in [1.807, 2.05) is 6.07 Å². The average Bonchev–Trinajstić information content (AvgIpc) is 3.14. The lowest BCUT2D eigenvalue weighted by atomic mass is 10.0. The van der Waals surface area contributed by atoms with Crippen LogP contribution >= 0.6 is 11.3 Å². The van der Waals surface area contributed by atoms with Crippen molar-refractivity contribution in [1.82, 2.24) is 9.97 Å². The standard InChI is InChI=1S/C22H23F3N2S/c1-3-4-5-6-7-16-9-11-20(28-16)19-12-13-26-21(27-19)17-10-8-15(2)14-18(17)22(23,24)25/h8-14H,3-7H2,1-2H3. The number of rotatable bonds is 7. The Morgan fingerprint density at radius 3 is 2.57 bits per heavy atom. The highest BCUT2D eigenvalue weighted by molar-refractivity contribution is 7.15. The summed E-state index contributed by atoms with van der Waals surface area (Å²) in [5.74, 6) is 0.0997. The Morgan fingerprint density at radius 2 is 1.82 bits per heavy atom. The maximum atomic E-state index is 13.5. The van der Waals surface area contributed by atoms with Crippen molar-refractivity contribution < 1.29 is 13.2 Å². The number of benzene rings is 1. The van der Waals surface area contributed by atoms with E-state index in [4.69, 9.17) is 0 Å². The summed E-state index contributed by atoms with van der Waals surface area (Å²) < 4.78 is 40.4. The van der Waals surface area contributed by atoms with Gasteiger partial charge >= 0.3 is 6.18 Å². The van der Waals surface area contributed by atoms with Crippen LogP contribution in [0.5, 0.6) is 0 Å². The van der Waals surface area contributed by atoms with Gasteiger partial charge in [-0.3, -0.25) is 0 Å². The first kappa shape index (κ1) is 20.5. The van der Waals surface area contributed by atoms with Crippen molar-refractivity contribution in [2.45, 2.75) is 52.1 Å². The van der Waals surface area contributed by atoms with E-state index in [2.05, 4.69) is 23.0 Å². The maximum absolute atomic E-state index is 13.5. The van der Waals surface area contributed by atoms with Gasteiger partial charge in [-0.15, -0.1) is 11.3 Å². The van der Waals surface area contributed by atoms with Crippen molar-refractivity contribution in [2.75, 3.05) is 0 Å². The molecule has 0 saturated heterocycles. The molecule has 0 saturated carbocycles. The Bertz CT molecular complexity index is 932. The van der Waals surface area contributed by atoms with E-state index in [1.165, 1.54) is 36.4 Å². The summed E-state index contributed by atoms with van der Waals surface area (Å²) in [6.07, 6.45) is 2.92. The zero-order valence-corrected chi connectivity index (χ0v) is 16.8. The summed E-state index contributed by atoms with van der Waals surface area (Å²) in [5, 5.41) is 0. The molecule has 2 nitrogen and oxygen atoms in total. The predicted octanol–water partition coefficient (Wildman–Crippen LogP) is 7.32. The van der Waals surface area contributed by atoms with Gasteiger partial charge in [0.2, 0.25) is 0 Å². The lowest BCUT2D eigenvalue weighted by molar-refractivity contribution is -0.137. The fraction of sp³-hybridized carbons (Fsp3) is 0.364. The SMILES string of the molecule is CCCCCCc1ccc(-c2ccnc(-c3ccc(C)cc3C(F)(F)F)n2)s1. The molecule has 0 aliphatic rings. The van der Waals surface area contributed by atoms with Crippen LogP contribution in [0.3, 0.4) is 0 Å². The van der Waals surface area contributed by atoms with Crippen LogP contribution in [0.25, 0.3) is 22.0 Å². The molecular weight excluding hydrogens is 381 g/mol. The normalized spacial score (nSPS) is 11.8. The highest BCUT2D eigenvalue weighted by atomic mass is 32.1. The Hall–Kier alpha value is -2.21. The number of thiophene rings is 1. The molecule has 2 aromatic heterocycles. The number of halogens is 3. The van der Waals surface area contributed by atoms with Crippen molar-refractivity contribution in [1.29, 1.82) is 0 Å². The second-order valence-electron chi connectivity index (χ2n) is 6.89. The monoisotopic (exact) mass is 404 g/mol. The van der Waals surface area contributed by atoms with Crippen LogP contribution in [-0.4, -0.2) is 9.97 Å².